The number of aromatic nitrogens is 1. The fourth-order valence-corrected chi connectivity index (χ4v) is 2.36. The predicted octanol–water partition coefficient (Wildman–Crippen LogP) is 2.40. The zero-order valence-electron chi connectivity index (χ0n) is 8.08. The molecular formula is C12H11NO. The van der Waals surface area contributed by atoms with Crippen LogP contribution in [0.5, 0.6) is 0 Å². The summed E-state index contributed by atoms with van der Waals surface area (Å²) in [5, 5.41) is 1.20. The second-order valence-corrected chi connectivity index (χ2v) is 3.84. The SMILES string of the molecule is CC(=O)c1cc2cccc3c2n1CC3. The fraction of sp³-hybridized carbons (Fsp3) is 0.250. The highest BCUT2D eigenvalue weighted by molar-refractivity contribution is 5.99. The molecule has 0 spiro atoms. The second-order valence-electron chi connectivity index (χ2n) is 3.84. The summed E-state index contributed by atoms with van der Waals surface area (Å²) in [6.07, 6.45) is 1.06. The van der Waals surface area contributed by atoms with Crippen LogP contribution in [-0.2, 0) is 13.0 Å². The molecule has 0 saturated heterocycles. The normalized spacial score (nSPS) is 13.8. The molecular weight excluding hydrogens is 174 g/mol. The molecule has 2 heterocycles. The van der Waals surface area contributed by atoms with Crippen LogP contribution in [0.25, 0.3) is 10.9 Å². The van der Waals surface area contributed by atoms with Gasteiger partial charge >= 0.3 is 0 Å². The first-order valence-electron chi connectivity index (χ1n) is 4.89. The lowest BCUT2D eigenvalue weighted by Crippen LogP contribution is -2.03. The van der Waals surface area contributed by atoms with Crippen molar-refractivity contribution in [2.45, 2.75) is 19.9 Å². The molecule has 1 aromatic carbocycles. The molecule has 2 aromatic rings. The van der Waals surface area contributed by atoms with E-state index in [1.807, 2.05) is 6.07 Å². The zero-order valence-corrected chi connectivity index (χ0v) is 8.08. The van der Waals surface area contributed by atoms with E-state index in [2.05, 4.69) is 22.8 Å². The number of Topliss-reactive ketones (excluding diaryl/α,β-unsaturated/α-hetero) is 1. The maximum absolute atomic E-state index is 11.4. The lowest BCUT2D eigenvalue weighted by molar-refractivity contribution is 0.100. The van der Waals surface area contributed by atoms with E-state index >= 15 is 0 Å². The third-order valence-electron chi connectivity index (χ3n) is 2.97. The number of hydrogen-bond donors (Lipinski definition) is 0. The quantitative estimate of drug-likeness (QED) is 0.625. The summed E-state index contributed by atoms with van der Waals surface area (Å²) in [4.78, 5) is 11.4. The molecule has 1 aliphatic heterocycles. The van der Waals surface area contributed by atoms with Crippen molar-refractivity contribution < 1.29 is 4.79 Å². The molecule has 3 rings (SSSR count). The average molecular weight is 185 g/mol. The number of nitrogens with zero attached hydrogens (tertiary/aromatic N) is 1. The first-order chi connectivity index (χ1) is 6.77. The third-order valence-corrected chi connectivity index (χ3v) is 2.97. The Kier molecular flexibility index (Phi) is 1.38. The standard InChI is InChI=1S/C12H11NO/c1-8(14)11-7-10-4-2-3-9-5-6-13(11)12(9)10/h2-4,7H,5-6H2,1H3. The molecule has 1 aliphatic rings. The highest BCUT2D eigenvalue weighted by Gasteiger charge is 2.19. The first kappa shape index (κ1) is 7.80. The highest BCUT2D eigenvalue weighted by atomic mass is 16.1. The van der Waals surface area contributed by atoms with E-state index < -0.39 is 0 Å². The van der Waals surface area contributed by atoms with Gasteiger partial charge in [-0.1, -0.05) is 18.2 Å². The van der Waals surface area contributed by atoms with E-state index in [0.29, 0.717) is 0 Å². The van der Waals surface area contributed by atoms with Crippen LogP contribution in [0, 0.1) is 0 Å². The summed E-state index contributed by atoms with van der Waals surface area (Å²) >= 11 is 0. The Balaban J connectivity index is 2.46. The Hall–Kier alpha value is -1.57. The van der Waals surface area contributed by atoms with Gasteiger partial charge in [-0.15, -0.1) is 0 Å². The minimum absolute atomic E-state index is 0.161. The summed E-state index contributed by atoms with van der Waals surface area (Å²) in [5.41, 5.74) is 3.48. The topological polar surface area (TPSA) is 22.0 Å². The number of ketones is 1. The van der Waals surface area contributed by atoms with Gasteiger partial charge in [0.05, 0.1) is 11.2 Å². The molecule has 70 valence electrons. The van der Waals surface area contributed by atoms with Gasteiger partial charge in [-0.2, -0.15) is 0 Å². The Morgan fingerprint density at radius 2 is 2.29 bits per heavy atom. The van der Waals surface area contributed by atoms with Gasteiger partial charge in [0.1, 0.15) is 0 Å². The highest BCUT2D eigenvalue weighted by Crippen LogP contribution is 2.29. The van der Waals surface area contributed by atoms with Crippen molar-refractivity contribution in [3.8, 4) is 0 Å². The van der Waals surface area contributed by atoms with Gasteiger partial charge in [0.2, 0.25) is 0 Å². The van der Waals surface area contributed by atoms with E-state index in [-0.39, 0.29) is 5.78 Å². The molecule has 2 heteroatoms. The van der Waals surface area contributed by atoms with Crippen molar-refractivity contribution >= 4 is 16.7 Å². The Bertz CT molecular complexity index is 536. The Morgan fingerprint density at radius 3 is 3.07 bits per heavy atom. The van der Waals surface area contributed by atoms with Gasteiger partial charge in [-0.25, -0.2) is 0 Å². The molecule has 0 unspecified atom stereocenters. The minimum Gasteiger partial charge on any atom is -0.338 e. The minimum atomic E-state index is 0.161. The number of rotatable bonds is 1. The van der Waals surface area contributed by atoms with Gasteiger partial charge in [0.25, 0.3) is 0 Å². The maximum Gasteiger partial charge on any atom is 0.176 e. The van der Waals surface area contributed by atoms with Crippen LogP contribution in [0.2, 0.25) is 0 Å². The fourth-order valence-electron chi connectivity index (χ4n) is 2.36. The summed E-state index contributed by atoms with van der Waals surface area (Å²) in [5.74, 6) is 0.161. The van der Waals surface area contributed by atoms with Crippen LogP contribution in [0.1, 0.15) is 23.0 Å². The van der Waals surface area contributed by atoms with Crippen LogP contribution < -0.4 is 0 Å². The predicted molar refractivity (Wildman–Crippen MR) is 55.6 cm³/mol. The number of carbonyl (C=O) groups excluding carboxylic acids is 1. The van der Waals surface area contributed by atoms with Gasteiger partial charge in [0.15, 0.2) is 5.78 Å². The second kappa shape index (κ2) is 2.47. The smallest absolute Gasteiger partial charge is 0.176 e. The molecule has 1 aromatic heterocycles. The lowest BCUT2D eigenvalue weighted by atomic mass is 10.1. The van der Waals surface area contributed by atoms with Gasteiger partial charge in [-0.3, -0.25) is 4.79 Å². The Labute approximate surface area is 82.1 Å². The van der Waals surface area contributed by atoms with Gasteiger partial charge in [-0.05, 0) is 18.1 Å². The third kappa shape index (κ3) is 0.830. The van der Waals surface area contributed by atoms with Crippen LogP contribution in [-0.4, -0.2) is 10.4 Å². The number of benzene rings is 1. The average Bonchev–Trinajstić information content (AvgIpc) is 2.72. The molecule has 14 heavy (non-hydrogen) atoms. The van der Waals surface area contributed by atoms with E-state index in [9.17, 15) is 4.79 Å². The number of carbonyl (C=O) groups is 1. The van der Waals surface area contributed by atoms with E-state index in [1.165, 1.54) is 16.5 Å². The van der Waals surface area contributed by atoms with Crippen molar-refractivity contribution in [2.75, 3.05) is 0 Å². The molecule has 0 radical (unpaired) electrons. The van der Waals surface area contributed by atoms with E-state index in [1.54, 1.807) is 6.92 Å². The van der Waals surface area contributed by atoms with Crippen molar-refractivity contribution in [3.05, 3.63) is 35.5 Å². The number of hydrogen-bond acceptors (Lipinski definition) is 1. The zero-order chi connectivity index (χ0) is 9.71. The van der Waals surface area contributed by atoms with Crippen molar-refractivity contribution in [2.24, 2.45) is 0 Å². The first-order valence-corrected chi connectivity index (χ1v) is 4.89. The van der Waals surface area contributed by atoms with Gasteiger partial charge < -0.3 is 4.57 Å². The lowest BCUT2D eigenvalue weighted by Gasteiger charge is -1.99. The van der Waals surface area contributed by atoms with E-state index in [4.69, 9.17) is 0 Å². The van der Waals surface area contributed by atoms with Crippen molar-refractivity contribution in [3.63, 3.8) is 0 Å². The van der Waals surface area contributed by atoms with Crippen LogP contribution in [0.15, 0.2) is 24.3 Å². The molecule has 0 fully saturated rings. The molecule has 0 aliphatic carbocycles. The molecule has 0 N–H and O–H groups in total. The van der Waals surface area contributed by atoms with Crippen molar-refractivity contribution in [1.29, 1.82) is 0 Å². The van der Waals surface area contributed by atoms with E-state index in [0.717, 1.165) is 18.7 Å². The largest absolute Gasteiger partial charge is 0.338 e. The van der Waals surface area contributed by atoms with Crippen LogP contribution >= 0.6 is 0 Å². The summed E-state index contributed by atoms with van der Waals surface area (Å²) in [7, 11) is 0. The number of para-hydroxylation sites is 1. The molecule has 0 atom stereocenters. The monoisotopic (exact) mass is 185 g/mol. The summed E-state index contributed by atoms with van der Waals surface area (Å²) in [6.45, 7) is 2.59. The summed E-state index contributed by atoms with van der Waals surface area (Å²) < 4.78 is 2.15. The Morgan fingerprint density at radius 1 is 1.43 bits per heavy atom. The molecule has 0 saturated carbocycles. The van der Waals surface area contributed by atoms with Gasteiger partial charge in [0, 0.05) is 18.9 Å². The van der Waals surface area contributed by atoms with Crippen LogP contribution in [0.4, 0.5) is 0 Å². The maximum atomic E-state index is 11.4. The molecule has 0 amide bonds. The van der Waals surface area contributed by atoms with Crippen molar-refractivity contribution in [1.82, 2.24) is 4.57 Å². The van der Waals surface area contributed by atoms with Crippen LogP contribution in [0.3, 0.4) is 0 Å². The molecule has 2 nitrogen and oxygen atoms in total. The molecule has 0 bridgehead atoms. The number of aryl methyl sites for hydroxylation is 2. The summed E-state index contributed by atoms with van der Waals surface area (Å²) in [6, 6.07) is 8.29.